The minimum atomic E-state index is 0.0327. The summed E-state index contributed by atoms with van der Waals surface area (Å²) >= 11 is 0. The molecule has 0 radical (unpaired) electrons. The first-order valence-corrected chi connectivity index (χ1v) is 9.84. The summed E-state index contributed by atoms with van der Waals surface area (Å²) < 4.78 is 10.9. The van der Waals surface area contributed by atoms with Gasteiger partial charge in [0, 0.05) is 31.7 Å². The highest BCUT2D eigenvalue weighted by atomic mass is 16.5. The van der Waals surface area contributed by atoms with Crippen molar-refractivity contribution in [2.45, 2.75) is 45.4 Å². The van der Waals surface area contributed by atoms with E-state index in [-0.39, 0.29) is 5.41 Å². The lowest BCUT2D eigenvalue weighted by molar-refractivity contribution is 0.0531. The molecule has 0 spiro atoms. The second kappa shape index (κ2) is 10.4. The molecule has 1 fully saturated rings. The maximum atomic E-state index is 5.63. The van der Waals surface area contributed by atoms with E-state index in [0.29, 0.717) is 5.92 Å². The maximum Gasteiger partial charge on any atom is 0.191 e. The van der Waals surface area contributed by atoms with E-state index in [1.54, 1.807) is 7.11 Å². The molecule has 1 saturated heterocycles. The standard InChI is InChI=1S/C21H35N3O2/c1-5-22-20(23-13-10-17(2)3)24-16-21(11-14-26-15-12-21)18-6-8-19(25-4)9-7-18/h6-9,17H,5,10-16H2,1-4H3,(H2,22,23,24). The molecular weight excluding hydrogens is 326 g/mol. The fraction of sp³-hybridized carbons (Fsp3) is 0.667. The van der Waals surface area contributed by atoms with Gasteiger partial charge in [0.1, 0.15) is 5.75 Å². The third-order valence-electron chi connectivity index (χ3n) is 5.05. The lowest BCUT2D eigenvalue weighted by Gasteiger charge is -2.36. The zero-order chi connectivity index (χ0) is 18.8. The van der Waals surface area contributed by atoms with Gasteiger partial charge in [0.2, 0.25) is 0 Å². The smallest absolute Gasteiger partial charge is 0.191 e. The van der Waals surface area contributed by atoms with E-state index in [2.05, 4.69) is 43.5 Å². The summed E-state index contributed by atoms with van der Waals surface area (Å²) in [6, 6.07) is 8.45. The van der Waals surface area contributed by atoms with Gasteiger partial charge in [0.25, 0.3) is 0 Å². The summed E-state index contributed by atoms with van der Waals surface area (Å²) in [6.07, 6.45) is 3.13. The number of aliphatic imine (C=N–C) groups is 1. The molecule has 0 saturated carbocycles. The molecule has 1 aromatic rings. The van der Waals surface area contributed by atoms with E-state index in [1.165, 1.54) is 5.56 Å². The van der Waals surface area contributed by atoms with Crippen molar-refractivity contribution in [3.63, 3.8) is 0 Å². The summed E-state index contributed by atoms with van der Waals surface area (Å²) in [5.41, 5.74) is 1.36. The van der Waals surface area contributed by atoms with Crippen LogP contribution in [0.5, 0.6) is 5.75 Å². The Morgan fingerprint density at radius 2 is 1.88 bits per heavy atom. The Hall–Kier alpha value is -1.75. The molecule has 5 nitrogen and oxygen atoms in total. The Balaban J connectivity index is 2.13. The fourth-order valence-electron chi connectivity index (χ4n) is 3.30. The topological polar surface area (TPSA) is 54.9 Å². The van der Waals surface area contributed by atoms with Crippen molar-refractivity contribution < 1.29 is 9.47 Å². The second-order valence-corrected chi connectivity index (χ2v) is 7.43. The number of ether oxygens (including phenoxy) is 2. The molecule has 0 amide bonds. The third-order valence-corrected chi connectivity index (χ3v) is 5.05. The normalized spacial score (nSPS) is 17.2. The van der Waals surface area contributed by atoms with E-state index < -0.39 is 0 Å². The molecule has 1 aliphatic heterocycles. The maximum absolute atomic E-state index is 5.63. The van der Waals surface area contributed by atoms with Crippen LogP contribution < -0.4 is 15.4 Å². The number of hydrogen-bond donors (Lipinski definition) is 2. The van der Waals surface area contributed by atoms with Gasteiger partial charge in [-0.15, -0.1) is 0 Å². The van der Waals surface area contributed by atoms with Crippen molar-refractivity contribution in [1.82, 2.24) is 10.6 Å². The van der Waals surface area contributed by atoms with Gasteiger partial charge in [0.05, 0.1) is 13.7 Å². The van der Waals surface area contributed by atoms with Gasteiger partial charge in [-0.3, -0.25) is 4.99 Å². The highest BCUT2D eigenvalue weighted by molar-refractivity contribution is 5.79. The van der Waals surface area contributed by atoms with Crippen LogP contribution in [0.2, 0.25) is 0 Å². The largest absolute Gasteiger partial charge is 0.497 e. The Labute approximate surface area is 158 Å². The molecule has 0 unspecified atom stereocenters. The quantitative estimate of drug-likeness (QED) is 0.551. The summed E-state index contributed by atoms with van der Waals surface area (Å²) in [4.78, 5) is 4.93. The Morgan fingerprint density at radius 3 is 2.46 bits per heavy atom. The van der Waals surface area contributed by atoms with Crippen LogP contribution in [-0.4, -0.2) is 45.9 Å². The number of methoxy groups -OCH3 is 1. The van der Waals surface area contributed by atoms with Crippen LogP contribution in [0.25, 0.3) is 0 Å². The first-order chi connectivity index (χ1) is 12.6. The van der Waals surface area contributed by atoms with Crippen LogP contribution in [0.4, 0.5) is 0 Å². The van der Waals surface area contributed by atoms with Gasteiger partial charge in [-0.2, -0.15) is 0 Å². The fourth-order valence-corrected chi connectivity index (χ4v) is 3.30. The van der Waals surface area contributed by atoms with Crippen molar-refractivity contribution >= 4 is 5.96 Å². The first-order valence-electron chi connectivity index (χ1n) is 9.84. The Kier molecular flexibility index (Phi) is 8.23. The van der Waals surface area contributed by atoms with Crippen molar-refractivity contribution in [3.05, 3.63) is 29.8 Å². The SMILES string of the molecule is CCNC(=NCC1(c2ccc(OC)cc2)CCOCC1)NCCC(C)C. The molecule has 0 aliphatic carbocycles. The van der Waals surface area contributed by atoms with Crippen molar-refractivity contribution in [1.29, 1.82) is 0 Å². The van der Waals surface area contributed by atoms with Crippen LogP contribution >= 0.6 is 0 Å². The molecule has 0 bridgehead atoms. The van der Waals surface area contributed by atoms with Gasteiger partial charge in [0.15, 0.2) is 5.96 Å². The minimum absolute atomic E-state index is 0.0327. The molecule has 146 valence electrons. The first kappa shape index (κ1) is 20.6. The molecule has 0 atom stereocenters. The lowest BCUT2D eigenvalue weighted by Crippen LogP contribution is -2.41. The van der Waals surface area contributed by atoms with E-state index in [1.807, 2.05) is 12.1 Å². The molecule has 1 aliphatic rings. The average molecular weight is 362 g/mol. The van der Waals surface area contributed by atoms with Crippen molar-refractivity contribution in [3.8, 4) is 5.75 Å². The van der Waals surface area contributed by atoms with Gasteiger partial charge in [-0.1, -0.05) is 26.0 Å². The summed E-state index contributed by atoms with van der Waals surface area (Å²) in [5.74, 6) is 2.49. The van der Waals surface area contributed by atoms with Gasteiger partial charge in [-0.05, 0) is 49.8 Å². The number of guanidine groups is 1. The molecule has 1 aromatic carbocycles. The number of rotatable bonds is 8. The molecule has 1 heterocycles. The van der Waals surface area contributed by atoms with E-state index in [0.717, 1.165) is 63.8 Å². The number of nitrogens with zero attached hydrogens (tertiary/aromatic N) is 1. The number of benzene rings is 1. The average Bonchev–Trinajstić information content (AvgIpc) is 2.66. The monoisotopic (exact) mass is 361 g/mol. The molecular formula is C21H35N3O2. The summed E-state index contributed by atoms with van der Waals surface area (Å²) in [6.45, 7) is 10.7. The zero-order valence-electron chi connectivity index (χ0n) is 16.8. The molecule has 0 aromatic heterocycles. The molecule has 2 rings (SSSR count). The van der Waals surface area contributed by atoms with Crippen molar-refractivity contribution in [2.75, 3.05) is 40.0 Å². The Bertz CT molecular complexity index is 549. The van der Waals surface area contributed by atoms with Gasteiger partial charge < -0.3 is 20.1 Å². The third kappa shape index (κ3) is 5.90. The minimum Gasteiger partial charge on any atom is -0.497 e. The van der Waals surface area contributed by atoms with Crippen LogP contribution in [0.15, 0.2) is 29.3 Å². The van der Waals surface area contributed by atoms with Crippen LogP contribution in [0.3, 0.4) is 0 Å². The van der Waals surface area contributed by atoms with Crippen molar-refractivity contribution in [2.24, 2.45) is 10.9 Å². The Morgan fingerprint density at radius 1 is 1.19 bits per heavy atom. The van der Waals surface area contributed by atoms with Gasteiger partial charge >= 0.3 is 0 Å². The van der Waals surface area contributed by atoms with Crippen LogP contribution in [0, 0.1) is 5.92 Å². The van der Waals surface area contributed by atoms with E-state index in [4.69, 9.17) is 14.5 Å². The summed E-state index contributed by atoms with van der Waals surface area (Å²) in [5, 5.41) is 6.84. The lowest BCUT2D eigenvalue weighted by atomic mass is 9.74. The predicted molar refractivity (Wildman–Crippen MR) is 108 cm³/mol. The molecule has 5 heteroatoms. The zero-order valence-corrected chi connectivity index (χ0v) is 16.8. The number of nitrogens with one attached hydrogen (secondary N) is 2. The van der Waals surface area contributed by atoms with Crippen LogP contribution in [0.1, 0.15) is 45.6 Å². The second-order valence-electron chi connectivity index (χ2n) is 7.43. The molecule has 26 heavy (non-hydrogen) atoms. The molecule has 2 N–H and O–H groups in total. The van der Waals surface area contributed by atoms with E-state index >= 15 is 0 Å². The predicted octanol–water partition coefficient (Wildman–Crippen LogP) is 3.34. The van der Waals surface area contributed by atoms with Gasteiger partial charge in [-0.25, -0.2) is 0 Å². The highest BCUT2D eigenvalue weighted by Crippen LogP contribution is 2.36. The number of hydrogen-bond acceptors (Lipinski definition) is 3. The van der Waals surface area contributed by atoms with Crippen LogP contribution in [-0.2, 0) is 10.2 Å². The van der Waals surface area contributed by atoms with E-state index in [9.17, 15) is 0 Å². The summed E-state index contributed by atoms with van der Waals surface area (Å²) in [7, 11) is 1.70. The highest BCUT2D eigenvalue weighted by Gasteiger charge is 2.34.